The Hall–Kier alpha value is -1.36. The number of anilines is 1. The molecule has 0 aromatic heterocycles. The van der Waals surface area contributed by atoms with E-state index in [1.54, 1.807) is 12.1 Å². The van der Waals surface area contributed by atoms with Crippen LogP contribution in [0.3, 0.4) is 0 Å². The second-order valence-electron chi connectivity index (χ2n) is 2.79. The molecule has 0 saturated heterocycles. The molecule has 0 unspecified atom stereocenters. The van der Waals surface area contributed by atoms with Crippen molar-refractivity contribution in [3.8, 4) is 5.75 Å². The van der Waals surface area contributed by atoms with Crippen molar-refractivity contribution < 1.29 is 14.3 Å². The van der Waals surface area contributed by atoms with Crippen LogP contribution in [0.5, 0.6) is 5.75 Å². The van der Waals surface area contributed by atoms with E-state index in [0.717, 1.165) is 4.90 Å². The lowest BCUT2D eigenvalue weighted by Crippen LogP contribution is -2.05. The molecule has 2 N–H and O–H groups in total. The van der Waals surface area contributed by atoms with Gasteiger partial charge in [-0.25, -0.2) is 4.79 Å². The van der Waals surface area contributed by atoms with E-state index in [2.05, 4.69) is 4.74 Å². The summed E-state index contributed by atoms with van der Waals surface area (Å²) >= 11 is 1.47. The van der Waals surface area contributed by atoms with Gasteiger partial charge < -0.3 is 15.2 Å². The van der Waals surface area contributed by atoms with Crippen LogP contribution < -0.4 is 10.5 Å². The van der Waals surface area contributed by atoms with Crippen molar-refractivity contribution in [3.63, 3.8) is 0 Å². The number of esters is 1. The molecule has 1 aromatic rings. The summed E-state index contributed by atoms with van der Waals surface area (Å²) in [5.41, 5.74) is 6.74. The van der Waals surface area contributed by atoms with Crippen LogP contribution >= 0.6 is 11.8 Å². The molecule has 82 valence electrons. The van der Waals surface area contributed by atoms with Crippen LogP contribution in [0.4, 0.5) is 5.69 Å². The van der Waals surface area contributed by atoms with Gasteiger partial charge >= 0.3 is 5.97 Å². The van der Waals surface area contributed by atoms with E-state index < -0.39 is 5.97 Å². The number of thioether (sulfide) groups is 1. The molecule has 0 aliphatic heterocycles. The molecular formula is C10H13NO3S. The summed E-state index contributed by atoms with van der Waals surface area (Å²) in [6, 6.07) is 3.29. The fourth-order valence-electron chi connectivity index (χ4n) is 1.19. The summed E-state index contributed by atoms with van der Waals surface area (Å²) in [7, 11) is 2.82. The van der Waals surface area contributed by atoms with Crippen molar-refractivity contribution in [2.45, 2.75) is 4.90 Å². The van der Waals surface area contributed by atoms with Crippen molar-refractivity contribution in [1.82, 2.24) is 0 Å². The maximum absolute atomic E-state index is 11.4. The van der Waals surface area contributed by atoms with Crippen LogP contribution in [0, 0.1) is 0 Å². The van der Waals surface area contributed by atoms with Gasteiger partial charge in [-0.05, 0) is 12.3 Å². The van der Waals surface area contributed by atoms with Gasteiger partial charge in [0.15, 0.2) is 0 Å². The first-order chi connectivity index (χ1) is 7.13. The van der Waals surface area contributed by atoms with Gasteiger partial charge in [0, 0.05) is 16.6 Å². The van der Waals surface area contributed by atoms with Crippen molar-refractivity contribution in [3.05, 3.63) is 17.7 Å². The molecule has 0 fully saturated rings. The lowest BCUT2D eigenvalue weighted by molar-refractivity contribution is 0.0597. The highest BCUT2D eigenvalue weighted by Gasteiger charge is 2.15. The number of methoxy groups -OCH3 is 2. The lowest BCUT2D eigenvalue weighted by atomic mass is 10.2. The fraction of sp³-hybridized carbons (Fsp3) is 0.300. The minimum absolute atomic E-state index is 0.388. The number of benzene rings is 1. The average Bonchev–Trinajstić information content (AvgIpc) is 2.27. The topological polar surface area (TPSA) is 61.5 Å². The standard InChI is InChI=1S/C10H13NO3S/c1-13-8-5-7(11)9(15-3)4-6(8)10(12)14-2/h4-5H,11H2,1-3H3. The van der Waals surface area contributed by atoms with Crippen LogP contribution in [0.2, 0.25) is 0 Å². The molecule has 0 heterocycles. The van der Waals surface area contributed by atoms with Crippen LogP contribution in [0.25, 0.3) is 0 Å². The number of carbonyl (C=O) groups is 1. The van der Waals surface area contributed by atoms with E-state index in [9.17, 15) is 4.79 Å². The highest BCUT2D eigenvalue weighted by molar-refractivity contribution is 7.98. The molecule has 15 heavy (non-hydrogen) atoms. The van der Waals surface area contributed by atoms with Gasteiger partial charge in [-0.15, -0.1) is 11.8 Å². The third kappa shape index (κ3) is 2.36. The predicted molar refractivity (Wildman–Crippen MR) is 60.5 cm³/mol. The van der Waals surface area contributed by atoms with Gasteiger partial charge in [-0.1, -0.05) is 0 Å². The maximum Gasteiger partial charge on any atom is 0.341 e. The third-order valence-electron chi connectivity index (χ3n) is 1.96. The van der Waals surface area contributed by atoms with Gasteiger partial charge in [0.2, 0.25) is 0 Å². The van der Waals surface area contributed by atoms with E-state index >= 15 is 0 Å². The van der Waals surface area contributed by atoms with Crippen LogP contribution in [-0.2, 0) is 4.74 Å². The van der Waals surface area contributed by atoms with E-state index in [-0.39, 0.29) is 0 Å². The summed E-state index contributed by atoms with van der Waals surface area (Å²) in [6.07, 6.45) is 1.89. The summed E-state index contributed by atoms with van der Waals surface area (Å²) in [5.74, 6) is -0.000648. The zero-order valence-corrected chi connectivity index (χ0v) is 9.68. The molecule has 0 spiro atoms. The molecule has 1 aromatic carbocycles. The number of nitrogens with two attached hydrogens (primary N) is 1. The first-order valence-corrected chi connectivity index (χ1v) is 5.46. The monoisotopic (exact) mass is 227 g/mol. The van der Waals surface area contributed by atoms with Gasteiger partial charge in [-0.2, -0.15) is 0 Å². The molecule has 0 amide bonds. The Balaban J connectivity index is 3.28. The zero-order chi connectivity index (χ0) is 11.4. The van der Waals surface area contributed by atoms with Gasteiger partial charge in [-0.3, -0.25) is 0 Å². The molecule has 5 heteroatoms. The number of rotatable bonds is 3. The zero-order valence-electron chi connectivity index (χ0n) is 8.87. The first kappa shape index (κ1) is 11.7. The normalized spacial score (nSPS) is 9.80. The minimum Gasteiger partial charge on any atom is -0.496 e. The van der Waals surface area contributed by atoms with E-state index in [4.69, 9.17) is 10.5 Å². The molecule has 0 bridgehead atoms. The molecule has 4 nitrogen and oxygen atoms in total. The van der Waals surface area contributed by atoms with Crippen LogP contribution in [0.15, 0.2) is 17.0 Å². The molecule has 0 atom stereocenters. The van der Waals surface area contributed by atoms with Crippen LogP contribution in [-0.4, -0.2) is 26.4 Å². The van der Waals surface area contributed by atoms with Crippen LogP contribution in [0.1, 0.15) is 10.4 Å². The van der Waals surface area contributed by atoms with Gasteiger partial charge in [0.05, 0.1) is 14.2 Å². The quantitative estimate of drug-likeness (QED) is 0.484. The number of nitrogen functional groups attached to an aromatic ring is 1. The van der Waals surface area contributed by atoms with E-state index in [1.165, 1.54) is 26.0 Å². The fourth-order valence-corrected chi connectivity index (χ4v) is 1.72. The lowest BCUT2D eigenvalue weighted by Gasteiger charge is -2.10. The van der Waals surface area contributed by atoms with Crippen molar-refractivity contribution >= 4 is 23.4 Å². The molecule has 0 radical (unpaired) electrons. The minimum atomic E-state index is -0.429. The predicted octanol–water partition coefficient (Wildman–Crippen LogP) is 1.79. The molecule has 1 rings (SSSR count). The second-order valence-corrected chi connectivity index (χ2v) is 3.63. The number of hydrogen-bond acceptors (Lipinski definition) is 5. The van der Waals surface area contributed by atoms with Crippen molar-refractivity contribution in [2.75, 3.05) is 26.2 Å². The highest BCUT2D eigenvalue weighted by atomic mass is 32.2. The third-order valence-corrected chi connectivity index (χ3v) is 2.75. The first-order valence-electron chi connectivity index (χ1n) is 4.23. The average molecular weight is 227 g/mol. The summed E-state index contributed by atoms with van der Waals surface area (Å²) in [6.45, 7) is 0. The van der Waals surface area contributed by atoms with Gasteiger partial charge in [0.25, 0.3) is 0 Å². The number of carbonyl (C=O) groups excluding carboxylic acids is 1. The second kappa shape index (κ2) is 4.93. The largest absolute Gasteiger partial charge is 0.496 e. The molecular weight excluding hydrogens is 214 g/mol. The summed E-state index contributed by atoms with van der Waals surface area (Å²) in [4.78, 5) is 12.3. The Morgan fingerprint density at radius 1 is 1.40 bits per heavy atom. The van der Waals surface area contributed by atoms with Crippen molar-refractivity contribution in [2.24, 2.45) is 0 Å². The molecule has 0 aliphatic carbocycles. The molecule has 0 saturated carbocycles. The van der Waals surface area contributed by atoms with Crippen molar-refractivity contribution in [1.29, 1.82) is 0 Å². The smallest absolute Gasteiger partial charge is 0.341 e. The summed E-state index contributed by atoms with van der Waals surface area (Å²) in [5, 5.41) is 0. The SMILES string of the molecule is COC(=O)c1cc(SC)c(N)cc1OC. The van der Waals surface area contributed by atoms with E-state index in [0.29, 0.717) is 17.0 Å². The number of hydrogen-bond donors (Lipinski definition) is 1. The Kier molecular flexibility index (Phi) is 3.85. The van der Waals surface area contributed by atoms with E-state index in [1.807, 2.05) is 6.26 Å². The highest BCUT2D eigenvalue weighted by Crippen LogP contribution is 2.31. The number of ether oxygens (including phenoxy) is 2. The Morgan fingerprint density at radius 3 is 2.53 bits per heavy atom. The summed E-state index contributed by atoms with van der Waals surface area (Å²) < 4.78 is 9.71. The maximum atomic E-state index is 11.4. The Labute approximate surface area is 92.7 Å². The Morgan fingerprint density at radius 2 is 2.07 bits per heavy atom. The Bertz CT molecular complexity index is 379. The molecule has 0 aliphatic rings. The van der Waals surface area contributed by atoms with Gasteiger partial charge in [0.1, 0.15) is 11.3 Å².